The van der Waals surface area contributed by atoms with E-state index in [1.807, 2.05) is 6.92 Å². The number of nitrogens with one attached hydrogen (secondary N) is 1. The van der Waals surface area contributed by atoms with Crippen LogP contribution in [-0.2, 0) is 4.74 Å². The molecule has 0 fully saturated rings. The van der Waals surface area contributed by atoms with Gasteiger partial charge in [-0.15, -0.1) is 11.8 Å². The molecule has 0 heterocycles. The van der Waals surface area contributed by atoms with Crippen molar-refractivity contribution < 1.29 is 14.3 Å². The van der Waals surface area contributed by atoms with Gasteiger partial charge in [-0.2, -0.15) is 0 Å². The van der Waals surface area contributed by atoms with Gasteiger partial charge in [0.25, 0.3) is 0 Å². The van der Waals surface area contributed by atoms with E-state index in [-0.39, 0.29) is 5.78 Å². The molecule has 0 spiro atoms. The van der Waals surface area contributed by atoms with Crippen molar-refractivity contribution in [3.05, 3.63) is 29.8 Å². The van der Waals surface area contributed by atoms with E-state index < -0.39 is 6.09 Å². The Kier molecular flexibility index (Phi) is 8.41. The number of benzene rings is 1. The SMILES string of the molecule is CCOC(=O)Nc1cccc(C(=O)CSC(=S)SCC)c1. The second kappa shape index (κ2) is 9.81. The summed E-state index contributed by atoms with van der Waals surface area (Å²) in [6.45, 7) is 4.05. The third-order valence-electron chi connectivity index (χ3n) is 2.29. The first-order valence-electron chi connectivity index (χ1n) is 6.43. The summed E-state index contributed by atoms with van der Waals surface area (Å²) in [6.07, 6.45) is -0.531. The first kappa shape index (κ1) is 18.0. The van der Waals surface area contributed by atoms with Crippen molar-refractivity contribution in [2.75, 3.05) is 23.4 Å². The predicted octanol–water partition coefficient (Wildman–Crippen LogP) is 4.21. The van der Waals surface area contributed by atoms with Gasteiger partial charge in [-0.1, -0.05) is 43.0 Å². The van der Waals surface area contributed by atoms with Gasteiger partial charge in [0.05, 0.1) is 12.4 Å². The number of carbonyl (C=O) groups excluding carboxylic acids is 2. The molecule has 1 aromatic rings. The van der Waals surface area contributed by atoms with Crippen LogP contribution < -0.4 is 5.32 Å². The zero-order valence-electron chi connectivity index (χ0n) is 11.9. The minimum absolute atomic E-state index is 0.0217. The van der Waals surface area contributed by atoms with Gasteiger partial charge in [0.2, 0.25) is 0 Å². The third kappa shape index (κ3) is 6.97. The molecule has 0 aliphatic rings. The molecule has 0 saturated heterocycles. The van der Waals surface area contributed by atoms with Crippen LogP contribution in [0.2, 0.25) is 0 Å². The number of carbonyl (C=O) groups is 2. The second-order valence-electron chi connectivity index (χ2n) is 3.82. The Morgan fingerprint density at radius 2 is 2.05 bits per heavy atom. The number of ether oxygens (including phenoxy) is 1. The summed E-state index contributed by atoms with van der Waals surface area (Å²) in [6, 6.07) is 6.78. The van der Waals surface area contributed by atoms with Gasteiger partial charge in [-0.3, -0.25) is 10.1 Å². The Hall–Kier alpha value is -1.05. The minimum Gasteiger partial charge on any atom is -0.450 e. The smallest absolute Gasteiger partial charge is 0.411 e. The molecule has 114 valence electrons. The van der Waals surface area contributed by atoms with Gasteiger partial charge < -0.3 is 4.74 Å². The van der Waals surface area contributed by atoms with E-state index in [1.165, 1.54) is 11.8 Å². The maximum atomic E-state index is 12.1. The molecule has 4 nitrogen and oxygen atoms in total. The number of ketones is 1. The van der Waals surface area contributed by atoms with Crippen LogP contribution in [0.3, 0.4) is 0 Å². The Morgan fingerprint density at radius 1 is 1.29 bits per heavy atom. The van der Waals surface area contributed by atoms with Crippen LogP contribution in [0.15, 0.2) is 24.3 Å². The van der Waals surface area contributed by atoms with Crippen molar-refractivity contribution >= 4 is 56.8 Å². The second-order valence-corrected chi connectivity index (χ2v) is 7.26. The average Bonchev–Trinajstić information content (AvgIpc) is 2.45. The normalized spacial score (nSPS) is 10.0. The molecule has 0 radical (unpaired) electrons. The van der Waals surface area contributed by atoms with Crippen molar-refractivity contribution in [1.29, 1.82) is 0 Å². The van der Waals surface area contributed by atoms with Crippen molar-refractivity contribution in [3.63, 3.8) is 0 Å². The number of thiocarbonyl (C=S) groups is 1. The fourth-order valence-corrected chi connectivity index (χ4v) is 3.47. The molecule has 1 rings (SSSR count). The predicted molar refractivity (Wildman–Crippen MR) is 94.6 cm³/mol. The van der Waals surface area contributed by atoms with E-state index in [2.05, 4.69) is 5.32 Å². The molecule has 0 atom stereocenters. The van der Waals surface area contributed by atoms with Crippen LogP contribution in [0.25, 0.3) is 0 Å². The molecule has 0 saturated carbocycles. The number of amides is 1. The lowest BCUT2D eigenvalue weighted by Crippen LogP contribution is -2.14. The lowest BCUT2D eigenvalue weighted by molar-refractivity contribution is 0.102. The summed E-state index contributed by atoms with van der Waals surface area (Å²) in [4.78, 5) is 23.4. The lowest BCUT2D eigenvalue weighted by atomic mass is 10.1. The molecule has 1 N–H and O–H groups in total. The molecule has 0 aliphatic heterocycles. The van der Waals surface area contributed by atoms with Crippen molar-refractivity contribution in [1.82, 2.24) is 0 Å². The Morgan fingerprint density at radius 3 is 2.71 bits per heavy atom. The number of anilines is 1. The van der Waals surface area contributed by atoms with E-state index >= 15 is 0 Å². The highest BCUT2D eigenvalue weighted by atomic mass is 32.2. The van der Waals surface area contributed by atoms with Crippen molar-refractivity contribution in [2.45, 2.75) is 13.8 Å². The van der Waals surface area contributed by atoms with E-state index in [1.54, 1.807) is 43.0 Å². The summed E-state index contributed by atoms with van der Waals surface area (Å²) >= 11 is 8.05. The topological polar surface area (TPSA) is 55.4 Å². The zero-order chi connectivity index (χ0) is 15.7. The number of rotatable bonds is 6. The number of hydrogen-bond donors (Lipinski definition) is 1. The maximum Gasteiger partial charge on any atom is 0.411 e. The van der Waals surface area contributed by atoms with Gasteiger partial charge in [0, 0.05) is 11.3 Å². The number of Topliss-reactive ketones (excluding diaryl/α,β-unsaturated/α-hetero) is 1. The quantitative estimate of drug-likeness (QED) is 0.617. The van der Waals surface area contributed by atoms with Crippen molar-refractivity contribution in [2.24, 2.45) is 0 Å². The maximum absolute atomic E-state index is 12.1. The highest BCUT2D eigenvalue weighted by Gasteiger charge is 2.10. The van der Waals surface area contributed by atoms with Crippen LogP contribution >= 0.6 is 35.7 Å². The lowest BCUT2D eigenvalue weighted by Gasteiger charge is -2.07. The van der Waals surface area contributed by atoms with Gasteiger partial charge in [0.15, 0.2) is 5.78 Å². The number of hydrogen-bond acceptors (Lipinski definition) is 6. The summed E-state index contributed by atoms with van der Waals surface area (Å²) in [5.74, 6) is 1.18. The van der Waals surface area contributed by atoms with Crippen LogP contribution in [0.1, 0.15) is 24.2 Å². The van der Waals surface area contributed by atoms with Gasteiger partial charge in [-0.25, -0.2) is 4.79 Å². The fraction of sp³-hybridized carbons (Fsp3) is 0.357. The standard InChI is InChI=1S/C14H17NO3S3/c1-3-18-13(17)15-11-7-5-6-10(8-11)12(16)9-21-14(19)20-4-2/h5-8H,3-4,9H2,1-2H3,(H,15,17). The fourth-order valence-electron chi connectivity index (χ4n) is 1.42. The Bertz CT molecular complexity index is 520. The van der Waals surface area contributed by atoms with Crippen LogP contribution in [0, 0.1) is 0 Å². The van der Waals surface area contributed by atoms with E-state index in [0.717, 1.165) is 9.28 Å². The molecule has 0 bridgehead atoms. The highest BCUT2D eigenvalue weighted by Crippen LogP contribution is 2.19. The Labute approximate surface area is 138 Å². The van der Waals surface area contributed by atoms with Gasteiger partial charge >= 0.3 is 6.09 Å². The summed E-state index contributed by atoms with van der Waals surface area (Å²) in [7, 11) is 0. The van der Waals surface area contributed by atoms with Gasteiger partial charge in [0.1, 0.15) is 3.53 Å². The molecule has 7 heteroatoms. The molecule has 21 heavy (non-hydrogen) atoms. The summed E-state index contributed by atoms with van der Waals surface area (Å²) in [5.41, 5.74) is 1.08. The molecule has 0 unspecified atom stereocenters. The van der Waals surface area contributed by atoms with E-state index in [9.17, 15) is 9.59 Å². The zero-order valence-corrected chi connectivity index (χ0v) is 14.3. The molecule has 1 aromatic carbocycles. The third-order valence-corrected chi connectivity index (χ3v) is 4.87. The molecule has 0 aromatic heterocycles. The minimum atomic E-state index is -0.531. The molecular weight excluding hydrogens is 326 g/mol. The molecular formula is C14H17NO3S3. The van der Waals surface area contributed by atoms with Crippen LogP contribution in [0.4, 0.5) is 10.5 Å². The largest absolute Gasteiger partial charge is 0.450 e. The average molecular weight is 343 g/mol. The summed E-state index contributed by atoms with van der Waals surface area (Å²) < 4.78 is 5.56. The summed E-state index contributed by atoms with van der Waals surface area (Å²) in [5, 5.41) is 2.57. The Balaban J connectivity index is 2.60. The van der Waals surface area contributed by atoms with E-state index in [4.69, 9.17) is 17.0 Å². The highest BCUT2D eigenvalue weighted by molar-refractivity contribution is 8.47. The van der Waals surface area contributed by atoms with Crippen LogP contribution in [0.5, 0.6) is 0 Å². The monoisotopic (exact) mass is 343 g/mol. The van der Waals surface area contributed by atoms with Crippen LogP contribution in [-0.4, -0.2) is 33.5 Å². The first-order chi connectivity index (χ1) is 10.1. The van der Waals surface area contributed by atoms with E-state index in [0.29, 0.717) is 23.6 Å². The first-order valence-corrected chi connectivity index (χ1v) is 8.81. The van der Waals surface area contributed by atoms with Gasteiger partial charge in [-0.05, 0) is 24.8 Å². The van der Waals surface area contributed by atoms with Crippen molar-refractivity contribution in [3.8, 4) is 0 Å². The molecule has 1 amide bonds. The number of thioether (sulfide) groups is 2. The molecule has 0 aliphatic carbocycles.